The Morgan fingerprint density at radius 3 is 2.40 bits per heavy atom. The number of nitriles is 1. The monoisotopic (exact) mass is 494 g/mol. The summed E-state index contributed by atoms with van der Waals surface area (Å²) in [6.45, 7) is 4.00. The topological polar surface area (TPSA) is 86.4 Å². The van der Waals surface area contributed by atoms with Crippen molar-refractivity contribution in [2.75, 3.05) is 27.2 Å². The largest absolute Gasteiger partial charge is 0.382 e. The van der Waals surface area contributed by atoms with Gasteiger partial charge in [-0.05, 0) is 63.2 Å². The Labute approximate surface area is 204 Å². The fraction of sp³-hybridized carbons (Fsp3) is 0.308. The van der Waals surface area contributed by atoms with Gasteiger partial charge in [0.15, 0.2) is 0 Å². The first-order valence-electron chi connectivity index (χ1n) is 11.3. The van der Waals surface area contributed by atoms with Gasteiger partial charge in [-0.25, -0.2) is 16.8 Å². The van der Waals surface area contributed by atoms with Gasteiger partial charge in [0, 0.05) is 37.8 Å². The van der Waals surface area contributed by atoms with Crippen LogP contribution < -0.4 is 0 Å². The van der Waals surface area contributed by atoms with E-state index >= 15 is 4.39 Å². The number of allylic oxidation sites excluding steroid dienone is 1. The zero-order chi connectivity index (χ0) is 25.3. The average Bonchev–Trinajstić information content (AvgIpc) is 3.45. The number of aromatic nitrogens is 1. The number of hydrogen-bond donors (Lipinski definition) is 0. The molecule has 9 heteroatoms. The number of carbonyl (C=O) groups excluding carboxylic acids is 1. The molecule has 0 atom stereocenters. The minimum atomic E-state index is -4.27. The number of aryl methyl sites for hydroxylation is 1. The summed E-state index contributed by atoms with van der Waals surface area (Å²) in [7, 11) is -0.956. The third-order valence-electron chi connectivity index (χ3n) is 6.06. The highest BCUT2D eigenvalue weighted by atomic mass is 32.2. The summed E-state index contributed by atoms with van der Waals surface area (Å²) in [5, 5.41) is 10.00. The van der Waals surface area contributed by atoms with Crippen LogP contribution >= 0.6 is 0 Å². The molecule has 0 bridgehead atoms. The molecule has 1 fully saturated rings. The molecule has 1 saturated heterocycles. The van der Waals surface area contributed by atoms with E-state index in [2.05, 4.69) is 4.90 Å². The Hall–Kier alpha value is -3.48. The number of hydrogen-bond acceptors (Lipinski definition) is 6. The minimum Gasteiger partial charge on any atom is -0.382 e. The third kappa shape index (κ3) is 4.85. The lowest BCUT2D eigenvalue weighted by Crippen LogP contribution is -2.20. The van der Waals surface area contributed by atoms with Crippen LogP contribution in [0.3, 0.4) is 0 Å². The van der Waals surface area contributed by atoms with Gasteiger partial charge in [-0.1, -0.05) is 17.7 Å². The highest BCUT2D eigenvalue weighted by molar-refractivity contribution is 7.90. The van der Waals surface area contributed by atoms with E-state index in [0.717, 1.165) is 35.5 Å². The molecular formula is C26H27FN4O3S. The maximum Gasteiger partial charge on any atom is 0.268 e. The molecule has 1 aromatic heterocycles. The van der Waals surface area contributed by atoms with Gasteiger partial charge in [-0.15, -0.1) is 0 Å². The van der Waals surface area contributed by atoms with Crippen LogP contribution in [0.5, 0.6) is 0 Å². The molecule has 3 aromatic rings. The van der Waals surface area contributed by atoms with Crippen LogP contribution in [0.4, 0.5) is 4.39 Å². The van der Waals surface area contributed by atoms with E-state index < -0.39 is 21.6 Å². The van der Waals surface area contributed by atoms with Crippen LogP contribution in [-0.4, -0.2) is 55.2 Å². The summed E-state index contributed by atoms with van der Waals surface area (Å²) in [5.74, 6) is -1.29. The van der Waals surface area contributed by atoms with E-state index in [0.29, 0.717) is 17.5 Å². The van der Waals surface area contributed by atoms with Crippen LogP contribution in [0, 0.1) is 24.1 Å². The smallest absolute Gasteiger partial charge is 0.268 e. The van der Waals surface area contributed by atoms with E-state index in [-0.39, 0.29) is 21.7 Å². The first-order chi connectivity index (χ1) is 16.6. The van der Waals surface area contributed by atoms with Crippen LogP contribution in [0.15, 0.2) is 59.1 Å². The lowest BCUT2D eigenvalue weighted by Gasteiger charge is -2.16. The van der Waals surface area contributed by atoms with Gasteiger partial charge in [-0.2, -0.15) is 5.26 Å². The second-order valence-electron chi connectivity index (χ2n) is 9.05. The molecule has 35 heavy (non-hydrogen) atoms. The highest BCUT2D eigenvalue weighted by Crippen LogP contribution is 2.30. The van der Waals surface area contributed by atoms with Gasteiger partial charge in [0.25, 0.3) is 10.0 Å². The Kier molecular flexibility index (Phi) is 6.79. The Bertz CT molecular complexity index is 1460. The van der Waals surface area contributed by atoms with Crippen LogP contribution in [0.25, 0.3) is 10.9 Å². The molecule has 0 spiro atoms. The van der Waals surface area contributed by atoms with Gasteiger partial charge in [0.1, 0.15) is 23.2 Å². The molecule has 0 saturated carbocycles. The molecule has 7 nitrogen and oxygen atoms in total. The van der Waals surface area contributed by atoms with Crippen molar-refractivity contribution in [3.05, 3.63) is 76.9 Å². The lowest BCUT2D eigenvalue weighted by molar-refractivity contribution is 0.103. The van der Waals surface area contributed by atoms with Crippen molar-refractivity contribution in [2.24, 2.45) is 0 Å². The first kappa shape index (κ1) is 24.6. The maximum atomic E-state index is 15.2. The second-order valence-corrected chi connectivity index (χ2v) is 10.8. The van der Waals surface area contributed by atoms with Gasteiger partial charge >= 0.3 is 0 Å². The van der Waals surface area contributed by atoms with Crippen molar-refractivity contribution in [3.8, 4) is 6.07 Å². The van der Waals surface area contributed by atoms with Crippen molar-refractivity contribution >= 4 is 26.7 Å². The third-order valence-corrected chi connectivity index (χ3v) is 7.80. The number of benzene rings is 2. The Balaban J connectivity index is 1.94. The lowest BCUT2D eigenvalue weighted by atomic mass is 10.1. The summed E-state index contributed by atoms with van der Waals surface area (Å²) in [6.07, 6.45) is 3.45. The Morgan fingerprint density at radius 1 is 1.14 bits per heavy atom. The average molecular weight is 495 g/mol. The van der Waals surface area contributed by atoms with Crippen molar-refractivity contribution in [1.29, 1.82) is 5.26 Å². The quantitative estimate of drug-likeness (QED) is 0.280. The summed E-state index contributed by atoms with van der Waals surface area (Å²) in [4.78, 5) is 17.0. The highest BCUT2D eigenvalue weighted by Gasteiger charge is 2.29. The van der Waals surface area contributed by atoms with E-state index in [1.54, 1.807) is 32.3 Å². The van der Waals surface area contributed by atoms with Crippen molar-refractivity contribution in [3.63, 3.8) is 0 Å². The molecular weight excluding hydrogens is 467 g/mol. The Morgan fingerprint density at radius 2 is 1.80 bits per heavy atom. The van der Waals surface area contributed by atoms with Gasteiger partial charge < -0.3 is 4.90 Å². The summed E-state index contributed by atoms with van der Waals surface area (Å²) in [5.41, 5.74) is 0.922. The first-order valence-corrected chi connectivity index (χ1v) is 12.8. The molecule has 1 aliphatic heterocycles. The number of rotatable bonds is 7. The molecule has 182 valence electrons. The molecule has 0 amide bonds. The fourth-order valence-electron chi connectivity index (χ4n) is 4.32. The van der Waals surface area contributed by atoms with Crippen LogP contribution in [0.1, 0.15) is 34.5 Å². The number of carbonyl (C=O) groups is 1. The predicted molar refractivity (Wildman–Crippen MR) is 132 cm³/mol. The fourth-order valence-corrected chi connectivity index (χ4v) is 5.83. The number of ketones is 1. The molecule has 0 unspecified atom stereocenters. The predicted octanol–water partition coefficient (Wildman–Crippen LogP) is 4.07. The number of nitrogens with zero attached hydrogens (tertiary/aromatic N) is 4. The number of likely N-dealkylation sites (tertiary alicyclic amines) is 1. The minimum absolute atomic E-state index is 0.0358. The zero-order valence-electron chi connectivity index (χ0n) is 20.0. The molecule has 0 radical (unpaired) electrons. The second kappa shape index (κ2) is 9.64. The summed E-state index contributed by atoms with van der Waals surface area (Å²) in [6, 6.07) is 12.3. The molecule has 2 aromatic carbocycles. The maximum absolute atomic E-state index is 15.2. The molecule has 0 N–H and O–H groups in total. The summed E-state index contributed by atoms with van der Waals surface area (Å²) >= 11 is 0. The van der Waals surface area contributed by atoms with Crippen molar-refractivity contribution in [1.82, 2.24) is 13.8 Å². The standard InChI is InChI=1S/C26H27FN4O3S/c1-18-6-8-22(9-7-18)35(33,34)31-24-14-23(27)20(17-30-10-4-5-11-30)12-19(24)13-25(31)26(32)21(15-28)16-29(2)3/h6-9,12-14,16H,4-5,10-11,17H2,1-3H3/b21-16+. The van der Waals surface area contributed by atoms with Crippen LogP contribution in [0.2, 0.25) is 0 Å². The van der Waals surface area contributed by atoms with E-state index in [9.17, 15) is 18.5 Å². The summed E-state index contributed by atoms with van der Waals surface area (Å²) < 4.78 is 43.5. The van der Waals surface area contributed by atoms with Crippen molar-refractivity contribution in [2.45, 2.75) is 31.2 Å². The van der Waals surface area contributed by atoms with E-state index in [1.807, 2.05) is 13.0 Å². The van der Waals surface area contributed by atoms with Gasteiger partial charge in [0.2, 0.25) is 5.78 Å². The normalized spacial score (nSPS) is 14.9. The van der Waals surface area contributed by atoms with E-state index in [1.165, 1.54) is 35.4 Å². The van der Waals surface area contributed by atoms with E-state index in [4.69, 9.17) is 0 Å². The number of halogens is 1. The van der Waals surface area contributed by atoms with Gasteiger partial charge in [0.05, 0.1) is 10.4 Å². The SMILES string of the molecule is Cc1ccc(S(=O)(=O)n2c(C(=O)/C(C#N)=C/N(C)C)cc3cc(CN4CCCC4)c(F)cc32)cc1. The zero-order valence-corrected chi connectivity index (χ0v) is 20.8. The van der Waals surface area contributed by atoms with Crippen molar-refractivity contribution < 1.29 is 17.6 Å². The number of Topliss-reactive ketones (excluding diaryl/α,β-unsaturated/α-hetero) is 1. The molecule has 4 rings (SSSR count). The van der Waals surface area contributed by atoms with Crippen LogP contribution in [-0.2, 0) is 16.6 Å². The molecule has 0 aliphatic carbocycles. The molecule has 1 aliphatic rings. The molecule has 2 heterocycles. The number of fused-ring (bicyclic) bond motifs is 1. The van der Waals surface area contributed by atoms with Gasteiger partial charge in [-0.3, -0.25) is 9.69 Å².